The van der Waals surface area contributed by atoms with Gasteiger partial charge in [0.25, 0.3) is 0 Å². The summed E-state index contributed by atoms with van der Waals surface area (Å²) in [5, 5.41) is 3.46. The third-order valence-corrected chi connectivity index (χ3v) is 3.56. The molecule has 0 saturated heterocycles. The van der Waals surface area contributed by atoms with E-state index in [0.29, 0.717) is 0 Å². The molecule has 0 radical (unpaired) electrons. The predicted octanol–water partition coefficient (Wildman–Crippen LogP) is 3.76. The molecule has 1 heterocycles. The first kappa shape index (κ1) is 13.8. The van der Waals surface area contributed by atoms with Gasteiger partial charge in [0.1, 0.15) is 5.76 Å². The molecule has 1 N–H and O–H groups in total. The lowest BCUT2D eigenvalue weighted by molar-refractivity contribution is 0.402. The summed E-state index contributed by atoms with van der Waals surface area (Å²) in [5.74, 6) is 1.60. The Balaban J connectivity index is 2.04. The Bertz CT molecular complexity index is 572. The van der Waals surface area contributed by atoms with Crippen LogP contribution in [0.5, 0.6) is 0 Å². The van der Waals surface area contributed by atoms with Gasteiger partial charge in [-0.25, -0.2) is 4.98 Å². The van der Waals surface area contributed by atoms with Crippen molar-refractivity contribution in [3.8, 4) is 0 Å². The number of rotatable bonds is 4. The summed E-state index contributed by atoms with van der Waals surface area (Å²) >= 11 is 0. The zero-order valence-corrected chi connectivity index (χ0v) is 12.4. The van der Waals surface area contributed by atoms with Crippen LogP contribution in [-0.4, -0.2) is 4.98 Å². The van der Waals surface area contributed by atoms with Crippen LogP contribution in [0.15, 0.2) is 22.7 Å². The number of hydrogen-bond donors (Lipinski definition) is 1. The van der Waals surface area contributed by atoms with Crippen LogP contribution in [0, 0.1) is 27.7 Å². The van der Waals surface area contributed by atoms with Gasteiger partial charge in [0, 0.05) is 6.54 Å². The minimum atomic E-state index is 0.120. The van der Waals surface area contributed by atoms with Gasteiger partial charge in [-0.05, 0) is 56.9 Å². The molecule has 0 saturated carbocycles. The summed E-state index contributed by atoms with van der Waals surface area (Å²) in [5.41, 5.74) is 5.34. The summed E-state index contributed by atoms with van der Waals surface area (Å²) in [6, 6.07) is 4.62. The molecule has 1 atom stereocenters. The van der Waals surface area contributed by atoms with Gasteiger partial charge in [-0.2, -0.15) is 0 Å². The Labute approximate surface area is 115 Å². The average Bonchev–Trinajstić information content (AvgIpc) is 2.78. The van der Waals surface area contributed by atoms with Crippen LogP contribution in [-0.2, 0) is 6.54 Å². The van der Waals surface area contributed by atoms with Crippen LogP contribution in [0.2, 0.25) is 0 Å². The number of aryl methyl sites for hydroxylation is 4. The first-order chi connectivity index (χ1) is 8.97. The molecule has 0 aliphatic carbocycles. The fourth-order valence-electron chi connectivity index (χ4n) is 2.13. The van der Waals surface area contributed by atoms with Gasteiger partial charge in [-0.1, -0.05) is 12.1 Å². The van der Waals surface area contributed by atoms with E-state index in [4.69, 9.17) is 4.42 Å². The van der Waals surface area contributed by atoms with Crippen LogP contribution in [0.25, 0.3) is 0 Å². The van der Waals surface area contributed by atoms with E-state index in [1.807, 2.05) is 6.92 Å². The lowest BCUT2D eigenvalue weighted by Crippen LogP contribution is -2.19. The van der Waals surface area contributed by atoms with Crippen molar-refractivity contribution in [2.45, 2.75) is 47.2 Å². The molecule has 2 rings (SSSR count). The Hall–Kier alpha value is -1.61. The Morgan fingerprint density at radius 3 is 2.42 bits per heavy atom. The second-order valence-corrected chi connectivity index (χ2v) is 5.27. The smallest absolute Gasteiger partial charge is 0.211 e. The second kappa shape index (κ2) is 5.57. The van der Waals surface area contributed by atoms with Crippen LogP contribution in [0.4, 0.5) is 0 Å². The molecule has 19 heavy (non-hydrogen) atoms. The predicted molar refractivity (Wildman–Crippen MR) is 77.1 cm³/mol. The van der Waals surface area contributed by atoms with Crippen molar-refractivity contribution in [3.05, 3.63) is 52.2 Å². The fraction of sp³-hybridized carbons (Fsp3) is 0.438. The molecule has 1 aromatic heterocycles. The first-order valence-corrected chi connectivity index (χ1v) is 6.70. The summed E-state index contributed by atoms with van der Waals surface area (Å²) in [7, 11) is 0. The number of hydrogen-bond acceptors (Lipinski definition) is 3. The summed E-state index contributed by atoms with van der Waals surface area (Å²) < 4.78 is 5.53. The van der Waals surface area contributed by atoms with E-state index in [-0.39, 0.29) is 6.04 Å². The third-order valence-electron chi connectivity index (χ3n) is 3.56. The number of nitrogens with zero attached hydrogens (tertiary/aromatic N) is 1. The molecule has 0 amide bonds. The van der Waals surface area contributed by atoms with Crippen molar-refractivity contribution >= 4 is 0 Å². The van der Waals surface area contributed by atoms with Gasteiger partial charge in [-0.3, -0.25) is 0 Å². The summed E-state index contributed by atoms with van der Waals surface area (Å²) in [6.45, 7) is 11.3. The molecule has 0 fully saturated rings. The zero-order chi connectivity index (χ0) is 14.0. The molecule has 3 nitrogen and oxygen atoms in total. The average molecular weight is 258 g/mol. The van der Waals surface area contributed by atoms with Crippen molar-refractivity contribution in [2.24, 2.45) is 0 Å². The Kier molecular flexibility index (Phi) is 4.05. The van der Waals surface area contributed by atoms with Crippen LogP contribution < -0.4 is 5.32 Å². The minimum Gasteiger partial charge on any atom is -0.444 e. The highest BCUT2D eigenvalue weighted by Gasteiger charge is 2.11. The van der Waals surface area contributed by atoms with Gasteiger partial charge in [0.2, 0.25) is 5.89 Å². The molecule has 3 heteroatoms. The highest BCUT2D eigenvalue weighted by atomic mass is 16.4. The van der Waals surface area contributed by atoms with Crippen molar-refractivity contribution in [1.82, 2.24) is 10.3 Å². The number of benzene rings is 1. The van der Waals surface area contributed by atoms with E-state index < -0.39 is 0 Å². The maximum absolute atomic E-state index is 5.53. The minimum absolute atomic E-state index is 0.120. The highest BCUT2D eigenvalue weighted by Crippen LogP contribution is 2.17. The monoisotopic (exact) mass is 258 g/mol. The van der Waals surface area contributed by atoms with Crippen molar-refractivity contribution in [2.75, 3.05) is 0 Å². The van der Waals surface area contributed by atoms with E-state index >= 15 is 0 Å². The lowest BCUT2D eigenvalue weighted by atomic mass is 10.0. The van der Waals surface area contributed by atoms with Crippen LogP contribution in [0.3, 0.4) is 0 Å². The molecule has 0 bridgehead atoms. The molecule has 102 valence electrons. The van der Waals surface area contributed by atoms with E-state index in [1.165, 1.54) is 22.3 Å². The molecule has 2 aromatic rings. The van der Waals surface area contributed by atoms with Gasteiger partial charge in [0.05, 0.1) is 12.2 Å². The fourth-order valence-corrected chi connectivity index (χ4v) is 2.13. The zero-order valence-electron chi connectivity index (χ0n) is 12.4. The van der Waals surface area contributed by atoms with Crippen molar-refractivity contribution in [1.29, 1.82) is 0 Å². The summed E-state index contributed by atoms with van der Waals surface area (Å²) in [4.78, 5) is 4.25. The Morgan fingerprint density at radius 1 is 1.11 bits per heavy atom. The van der Waals surface area contributed by atoms with Crippen molar-refractivity contribution < 1.29 is 4.42 Å². The molecule has 0 spiro atoms. The molecular weight excluding hydrogens is 236 g/mol. The van der Waals surface area contributed by atoms with Crippen molar-refractivity contribution in [3.63, 3.8) is 0 Å². The second-order valence-electron chi connectivity index (χ2n) is 5.27. The molecule has 1 aromatic carbocycles. The molecular formula is C16H22N2O. The number of aromatic nitrogens is 1. The quantitative estimate of drug-likeness (QED) is 0.907. The van der Waals surface area contributed by atoms with Gasteiger partial charge in [0.15, 0.2) is 0 Å². The van der Waals surface area contributed by atoms with Crippen LogP contribution in [0.1, 0.15) is 46.9 Å². The topological polar surface area (TPSA) is 38.1 Å². The first-order valence-electron chi connectivity index (χ1n) is 6.70. The van der Waals surface area contributed by atoms with E-state index in [2.05, 4.69) is 50.1 Å². The third kappa shape index (κ3) is 3.24. The van der Waals surface area contributed by atoms with Crippen LogP contribution >= 0.6 is 0 Å². The summed E-state index contributed by atoms with van der Waals surface area (Å²) in [6.07, 6.45) is 1.76. The largest absolute Gasteiger partial charge is 0.444 e. The molecule has 0 aliphatic rings. The Morgan fingerprint density at radius 2 is 1.79 bits per heavy atom. The van der Waals surface area contributed by atoms with E-state index in [0.717, 1.165) is 18.2 Å². The SMILES string of the molecule is Cc1cnc(C(C)NCc2cc(C)c(C)cc2C)o1. The normalized spacial score (nSPS) is 12.7. The van der Waals surface area contributed by atoms with Gasteiger partial charge >= 0.3 is 0 Å². The highest BCUT2D eigenvalue weighted by molar-refractivity contribution is 5.36. The standard InChI is InChI=1S/C16H22N2O/c1-10-6-12(3)15(7-11(10)2)9-17-14(5)16-18-8-13(4)19-16/h6-8,14,17H,9H2,1-5H3. The number of oxazole rings is 1. The molecule has 0 aliphatic heterocycles. The maximum atomic E-state index is 5.53. The maximum Gasteiger partial charge on any atom is 0.211 e. The lowest BCUT2D eigenvalue weighted by Gasteiger charge is -2.14. The van der Waals surface area contributed by atoms with Gasteiger partial charge < -0.3 is 9.73 Å². The van der Waals surface area contributed by atoms with E-state index in [1.54, 1.807) is 6.20 Å². The number of nitrogens with one attached hydrogen (secondary N) is 1. The van der Waals surface area contributed by atoms with Gasteiger partial charge in [-0.15, -0.1) is 0 Å². The molecule has 1 unspecified atom stereocenters. The van der Waals surface area contributed by atoms with E-state index in [9.17, 15) is 0 Å².